The molecular weight excluding hydrogens is 630 g/mol. The second-order valence-corrected chi connectivity index (χ2v) is 14.6. The average molecular weight is 672 g/mol. The van der Waals surface area contributed by atoms with Gasteiger partial charge in [0.2, 0.25) is 11.8 Å². The number of carbonyl (C=O) groups excluding carboxylic acids is 2. The lowest BCUT2D eigenvalue weighted by Crippen LogP contribution is -2.55. The van der Waals surface area contributed by atoms with Crippen LogP contribution in [0.4, 0.5) is 5.69 Å². The SMILES string of the molecule is Cc1ccc(CN(C(=O)CN(c2ccc(Cl)cc2C)S(=O)(=O)c2ccccc2)[C@H](Cc2ccccc2)C(=O)NC2CCCCC2)cc1. The van der Waals surface area contributed by atoms with Crippen molar-refractivity contribution in [3.63, 3.8) is 0 Å². The van der Waals surface area contributed by atoms with E-state index in [0.29, 0.717) is 16.3 Å². The standard InChI is InChI=1S/C38H42ClN3O4S/c1-28-18-20-31(21-19-28)26-41(36(25-30-12-6-3-7-13-30)38(44)40-33-14-8-4-9-15-33)37(43)27-42(35-23-22-32(39)24-29(35)2)47(45,46)34-16-10-5-11-17-34/h3,5-7,10-13,16-24,33,36H,4,8-9,14-15,25-27H2,1-2H3,(H,40,44)/t36-/m1/s1. The highest BCUT2D eigenvalue weighted by molar-refractivity contribution is 7.92. The van der Waals surface area contributed by atoms with Gasteiger partial charge in [0.1, 0.15) is 12.6 Å². The van der Waals surface area contributed by atoms with Gasteiger partial charge in [0.25, 0.3) is 10.0 Å². The maximum atomic E-state index is 14.7. The van der Waals surface area contributed by atoms with E-state index in [9.17, 15) is 18.0 Å². The first-order chi connectivity index (χ1) is 22.6. The second kappa shape index (κ2) is 15.6. The maximum absolute atomic E-state index is 14.7. The molecule has 5 rings (SSSR count). The summed E-state index contributed by atoms with van der Waals surface area (Å²) in [5.41, 5.74) is 3.76. The molecule has 0 heterocycles. The van der Waals surface area contributed by atoms with Crippen LogP contribution in [0, 0.1) is 13.8 Å². The third kappa shape index (κ3) is 8.82. The number of rotatable bonds is 12. The number of nitrogens with zero attached hydrogens (tertiary/aromatic N) is 2. The van der Waals surface area contributed by atoms with E-state index < -0.39 is 28.5 Å². The molecule has 0 spiro atoms. The Balaban J connectivity index is 1.57. The van der Waals surface area contributed by atoms with Crippen molar-refractivity contribution in [1.82, 2.24) is 10.2 Å². The van der Waals surface area contributed by atoms with Crippen molar-refractivity contribution in [2.75, 3.05) is 10.8 Å². The number of hydrogen-bond acceptors (Lipinski definition) is 4. The van der Waals surface area contributed by atoms with Crippen LogP contribution in [0.5, 0.6) is 0 Å². The minimum atomic E-state index is -4.18. The van der Waals surface area contributed by atoms with Gasteiger partial charge in [-0.1, -0.05) is 109 Å². The van der Waals surface area contributed by atoms with E-state index >= 15 is 0 Å². The van der Waals surface area contributed by atoms with Gasteiger partial charge in [-0.05, 0) is 73.7 Å². The minimum absolute atomic E-state index is 0.0394. The molecule has 7 nitrogen and oxygen atoms in total. The molecule has 0 radical (unpaired) electrons. The van der Waals surface area contributed by atoms with Crippen molar-refractivity contribution in [3.8, 4) is 0 Å². The number of amides is 2. The molecule has 1 N–H and O–H groups in total. The van der Waals surface area contributed by atoms with Gasteiger partial charge < -0.3 is 10.2 Å². The Bertz CT molecular complexity index is 1760. The van der Waals surface area contributed by atoms with Gasteiger partial charge in [0.15, 0.2) is 0 Å². The van der Waals surface area contributed by atoms with Crippen LogP contribution in [0.3, 0.4) is 0 Å². The number of hydrogen-bond donors (Lipinski definition) is 1. The molecular formula is C38H42ClN3O4S. The first kappa shape index (κ1) is 34.2. The highest BCUT2D eigenvalue weighted by Gasteiger charge is 2.35. The lowest BCUT2D eigenvalue weighted by molar-refractivity contribution is -0.140. The van der Waals surface area contributed by atoms with Crippen LogP contribution in [0.2, 0.25) is 5.02 Å². The lowest BCUT2D eigenvalue weighted by Gasteiger charge is -2.35. The first-order valence-electron chi connectivity index (χ1n) is 16.1. The number of benzene rings is 4. The second-order valence-electron chi connectivity index (χ2n) is 12.3. The molecule has 0 aliphatic heterocycles. The average Bonchev–Trinajstić information content (AvgIpc) is 3.07. The zero-order chi connectivity index (χ0) is 33.4. The van der Waals surface area contributed by atoms with Crippen LogP contribution in [0.15, 0.2) is 108 Å². The summed E-state index contributed by atoms with van der Waals surface area (Å²) in [5, 5.41) is 3.70. The van der Waals surface area contributed by atoms with E-state index in [1.807, 2.05) is 61.5 Å². The molecule has 1 atom stereocenters. The van der Waals surface area contributed by atoms with Gasteiger partial charge >= 0.3 is 0 Å². The van der Waals surface area contributed by atoms with Gasteiger partial charge in [0.05, 0.1) is 10.6 Å². The lowest BCUT2D eigenvalue weighted by atomic mass is 9.94. The number of halogens is 1. The third-order valence-electron chi connectivity index (χ3n) is 8.73. The predicted molar refractivity (Wildman–Crippen MR) is 188 cm³/mol. The van der Waals surface area contributed by atoms with E-state index in [1.54, 1.807) is 48.2 Å². The van der Waals surface area contributed by atoms with Gasteiger partial charge in [-0.2, -0.15) is 0 Å². The molecule has 1 fully saturated rings. The summed E-state index contributed by atoms with van der Waals surface area (Å²) in [6.07, 6.45) is 5.32. The van der Waals surface area contributed by atoms with Crippen molar-refractivity contribution in [2.24, 2.45) is 0 Å². The van der Waals surface area contributed by atoms with Gasteiger partial charge in [-0.3, -0.25) is 13.9 Å². The van der Waals surface area contributed by atoms with Crippen molar-refractivity contribution >= 4 is 39.1 Å². The normalized spacial score (nSPS) is 14.3. The van der Waals surface area contributed by atoms with Gasteiger partial charge in [-0.15, -0.1) is 0 Å². The molecule has 9 heteroatoms. The largest absolute Gasteiger partial charge is 0.352 e. The molecule has 47 heavy (non-hydrogen) atoms. The molecule has 4 aromatic rings. The molecule has 1 aliphatic rings. The summed E-state index contributed by atoms with van der Waals surface area (Å²) in [6, 6.07) is 29.6. The van der Waals surface area contributed by atoms with E-state index in [1.165, 1.54) is 12.1 Å². The zero-order valence-electron chi connectivity index (χ0n) is 26.9. The summed E-state index contributed by atoms with van der Waals surface area (Å²) in [4.78, 5) is 30.5. The fraction of sp³-hybridized carbons (Fsp3) is 0.316. The Hall–Kier alpha value is -4.14. The fourth-order valence-corrected chi connectivity index (χ4v) is 7.85. The molecule has 1 aliphatic carbocycles. The Kier molecular flexibility index (Phi) is 11.4. The van der Waals surface area contributed by atoms with E-state index in [2.05, 4.69) is 5.32 Å². The fourth-order valence-electron chi connectivity index (χ4n) is 6.12. The highest BCUT2D eigenvalue weighted by Crippen LogP contribution is 2.30. The van der Waals surface area contributed by atoms with Crippen molar-refractivity contribution in [3.05, 3.63) is 130 Å². The molecule has 2 amide bonds. The molecule has 4 aromatic carbocycles. The monoisotopic (exact) mass is 671 g/mol. The summed E-state index contributed by atoms with van der Waals surface area (Å²) in [5.74, 6) is -0.722. The highest BCUT2D eigenvalue weighted by atomic mass is 35.5. The topological polar surface area (TPSA) is 86.8 Å². The Morgan fingerprint density at radius 3 is 2.11 bits per heavy atom. The molecule has 1 saturated carbocycles. The number of sulfonamides is 1. The van der Waals surface area contributed by atoms with Crippen LogP contribution in [0.1, 0.15) is 54.4 Å². The van der Waals surface area contributed by atoms with Crippen molar-refractivity contribution in [2.45, 2.75) is 75.9 Å². The Morgan fingerprint density at radius 2 is 1.47 bits per heavy atom. The number of anilines is 1. The zero-order valence-corrected chi connectivity index (χ0v) is 28.5. The summed E-state index contributed by atoms with van der Waals surface area (Å²) < 4.78 is 29.6. The number of nitrogens with one attached hydrogen (secondary N) is 1. The predicted octanol–water partition coefficient (Wildman–Crippen LogP) is 7.24. The summed E-state index contributed by atoms with van der Waals surface area (Å²) in [7, 11) is -4.18. The van der Waals surface area contributed by atoms with Crippen LogP contribution in [-0.4, -0.2) is 43.8 Å². The van der Waals surface area contributed by atoms with Crippen LogP contribution in [0.25, 0.3) is 0 Å². The van der Waals surface area contributed by atoms with Crippen molar-refractivity contribution in [1.29, 1.82) is 0 Å². The van der Waals surface area contributed by atoms with Crippen molar-refractivity contribution < 1.29 is 18.0 Å². The van der Waals surface area contributed by atoms with E-state index in [0.717, 1.165) is 53.1 Å². The molecule has 0 aromatic heterocycles. The quantitative estimate of drug-likeness (QED) is 0.172. The van der Waals surface area contributed by atoms with E-state index in [4.69, 9.17) is 11.6 Å². The van der Waals surface area contributed by atoms with Gasteiger partial charge in [-0.25, -0.2) is 8.42 Å². The maximum Gasteiger partial charge on any atom is 0.264 e. The molecule has 0 saturated heterocycles. The van der Waals surface area contributed by atoms with Gasteiger partial charge in [0, 0.05) is 24.0 Å². The Morgan fingerprint density at radius 1 is 0.830 bits per heavy atom. The molecule has 0 bridgehead atoms. The minimum Gasteiger partial charge on any atom is -0.352 e. The van der Waals surface area contributed by atoms with Crippen LogP contribution < -0.4 is 9.62 Å². The third-order valence-corrected chi connectivity index (χ3v) is 10.7. The van der Waals surface area contributed by atoms with E-state index in [-0.39, 0.29) is 29.8 Å². The van der Waals surface area contributed by atoms with Crippen LogP contribution >= 0.6 is 11.6 Å². The summed E-state index contributed by atoms with van der Waals surface area (Å²) >= 11 is 6.26. The smallest absolute Gasteiger partial charge is 0.264 e. The first-order valence-corrected chi connectivity index (χ1v) is 18.0. The molecule has 246 valence electrons. The summed E-state index contributed by atoms with van der Waals surface area (Å²) in [6.45, 7) is 3.38. The number of aryl methyl sites for hydroxylation is 2. The van der Waals surface area contributed by atoms with Crippen LogP contribution in [-0.2, 0) is 32.6 Å². The number of carbonyl (C=O) groups is 2. The molecule has 0 unspecified atom stereocenters. The Labute approximate surface area is 283 Å².